The van der Waals surface area contributed by atoms with Crippen LogP contribution < -0.4 is 15.4 Å². The third-order valence-electron chi connectivity index (χ3n) is 4.24. The van der Waals surface area contributed by atoms with Gasteiger partial charge in [-0.25, -0.2) is 0 Å². The summed E-state index contributed by atoms with van der Waals surface area (Å²) in [5.74, 6) is 1.91. The summed E-state index contributed by atoms with van der Waals surface area (Å²) < 4.78 is 10.8. The van der Waals surface area contributed by atoms with Crippen molar-refractivity contribution in [3.8, 4) is 5.75 Å². The predicted molar refractivity (Wildman–Crippen MR) is 93.4 cm³/mol. The lowest BCUT2D eigenvalue weighted by molar-refractivity contribution is -0.118. The number of carbonyl (C=O) groups excluding carboxylic acids is 1. The highest BCUT2D eigenvalue weighted by molar-refractivity contribution is 5.95. The maximum absolute atomic E-state index is 11.5. The van der Waals surface area contributed by atoms with Gasteiger partial charge in [0.1, 0.15) is 5.75 Å². The van der Waals surface area contributed by atoms with Crippen molar-refractivity contribution in [1.82, 2.24) is 15.5 Å². The highest BCUT2D eigenvalue weighted by atomic mass is 16.5. The fourth-order valence-corrected chi connectivity index (χ4v) is 2.79. The number of carbonyl (C=O) groups is 1. The van der Waals surface area contributed by atoms with Gasteiger partial charge in [0.05, 0.1) is 11.7 Å². The molecule has 2 N–H and O–H groups in total. The Kier molecular flexibility index (Phi) is 5.33. The zero-order chi connectivity index (χ0) is 17.8. The SMILES string of the molecule is CCCCc1noc([C@H](C)N[C@@H](C)c2ccc3c(c2)NC(=O)CO3)n1. The largest absolute Gasteiger partial charge is 0.482 e. The van der Waals surface area contributed by atoms with Crippen LogP contribution in [0.2, 0.25) is 0 Å². The van der Waals surface area contributed by atoms with Gasteiger partial charge < -0.3 is 14.6 Å². The van der Waals surface area contributed by atoms with Gasteiger partial charge in [-0.1, -0.05) is 24.6 Å². The van der Waals surface area contributed by atoms with Crippen LogP contribution in [0.3, 0.4) is 0 Å². The summed E-state index contributed by atoms with van der Waals surface area (Å²) in [6.45, 7) is 6.25. The molecule has 0 saturated carbocycles. The first-order valence-corrected chi connectivity index (χ1v) is 8.72. The first kappa shape index (κ1) is 17.4. The number of ether oxygens (including phenoxy) is 1. The van der Waals surface area contributed by atoms with Crippen LogP contribution in [0.25, 0.3) is 0 Å². The van der Waals surface area contributed by atoms with Crippen LogP contribution in [0, 0.1) is 0 Å². The number of hydrogen-bond acceptors (Lipinski definition) is 6. The average molecular weight is 344 g/mol. The van der Waals surface area contributed by atoms with Gasteiger partial charge in [-0.2, -0.15) is 4.98 Å². The Morgan fingerprint density at radius 3 is 2.96 bits per heavy atom. The monoisotopic (exact) mass is 344 g/mol. The molecule has 3 rings (SSSR count). The maximum atomic E-state index is 11.5. The second-order valence-corrected chi connectivity index (χ2v) is 6.35. The second kappa shape index (κ2) is 7.65. The summed E-state index contributed by atoms with van der Waals surface area (Å²) in [4.78, 5) is 15.9. The Morgan fingerprint density at radius 1 is 1.32 bits per heavy atom. The van der Waals surface area contributed by atoms with Gasteiger partial charge in [-0.05, 0) is 38.0 Å². The molecule has 7 heteroatoms. The number of nitrogens with zero attached hydrogens (tertiary/aromatic N) is 2. The van der Waals surface area contributed by atoms with Crippen LogP contribution in [-0.2, 0) is 11.2 Å². The van der Waals surface area contributed by atoms with Gasteiger partial charge in [0.25, 0.3) is 5.91 Å². The quantitative estimate of drug-likeness (QED) is 0.802. The fraction of sp³-hybridized carbons (Fsp3) is 0.500. The van der Waals surface area contributed by atoms with Crippen molar-refractivity contribution in [3.63, 3.8) is 0 Å². The van der Waals surface area contributed by atoms with Gasteiger partial charge in [0.2, 0.25) is 5.89 Å². The molecule has 0 radical (unpaired) electrons. The Hall–Kier alpha value is -2.41. The van der Waals surface area contributed by atoms with Gasteiger partial charge in [0.15, 0.2) is 12.4 Å². The number of aryl methyl sites for hydroxylation is 1. The summed E-state index contributed by atoms with van der Waals surface area (Å²) in [5, 5.41) is 10.3. The molecule has 0 fully saturated rings. The minimum Gasteiger partial charge on any atom is -0.482 e. The third-order valence-corrected chi connectivity index (χ3v) is 4.24. The lowest BCUT2D eigenvalue weighted by Gasteiger charge is -2.22. The number of nitrogens with one attached hydrogen (secondary N) is 2. The molecule has 0 aliphatic carbocycles. The van der Waals surface area contributed by atoms with Crippen LogP contribution in [0.4, 0.5) is 5.69 Å². The lowest BCUT2D eigenvalue weighted by atomic mass is 10.1. The number of unbranched alkanes of at least 4 members (excludes halogenated alkanes) is 1. The van der Waals surface area contributed by atoms with E-state index < -0.39 is 0 Å². The minimum absolute atomic E-state index is 0.0464. The number of hydrogen-bond donors (Lipinski definition) is 2. The van der Waals surface area contributed by atoms with E-state index in [0.29, 0.717) is 17.3 Å². The molecule has 1 aliphatic rings. The highest BCUT2D eigenvalue weighted by Gasteiger charge is 2.20. The third kappa shape index (κ3) is 4.17. The van der Waals surface area contributed by atoms with Crippen molar-refractivity contribution in [2.45, 2.75) is 52.1 Å². The molecule has 1 amide bonds. The smallest absolute Gasteiger partial charge is 0.262 e. The van der Waals surface area contributed by atoms with Crippen LogP contribution in [0.5, 0.6) is 5.75 Å². The van der Waals surface area contributed by atoms with Crippen LogP contribution in [0.1, 0.15) is 63.0 Å². The molecule has 25 heavy (non-hydrogen) atoms. The molecule has 2 atom stereocenters. The normalized spacial score (nSPS) is 15.9. The molecule has 134 valence electrons. The number of amides is 1. The summed E-state index contributed by atoms with van der Waals surface area (Å²) in [5.41, 5.74) is 1.75. The predicted octanol–water partition coefficient (Wildman–Crippen LogP) is 3.15. The van der Waals surface area contributed by atoms with Crippen LogP contribution in [-0.4, -0.2) is 22.7 Å². The fourth-order valence-electron chi connectivity index (χ4n) is 2.79. The molecular weight excluding hydrogens is 320 g/mol. The first-order chi connectivity index (χ1) is 12.1. The number of fused-ring (bicyclic) bond motifs is 1. The molecule has 7 nitrogen and oxygen atoms in total. The van der Waals surface area contributed by atoms with E-state index >= 15 is 0 Å². The molecule has 0 bridgehead atoms. The van der Waals surface area contributed by atoms with Crippen molar-refractivity contribution < 1.29 is 14.1 Å². The Bertz CT molecular complexity index is 744. The van der Waals surface area contributed by atoms with E-state index in [1.54, 1.807) is 0 Å². The van der Waals surface area contributed by atoms with Gasteiger partial charge in [0, 0.05) is 12.5 Å². The standard InChI is InChI=1S/C18H24N4O3/c1-4-5-6-16-21-18(25-22-16)12(3)19-11(2)13-7-8-15-14(9-13)20-17(23)10-24-15/h7-9,11-12,19H,4-6,10H2,1-3H3,(H,20,23)/t11-,12-/m0/s1. The van der Waals surface area contributed by atoms with Gasteiger partial charge in [-0.3, -0.25) is 10.1 Å². The average Bonchev–Trinajstić information content (AvgIpc) is 3.08. The van der Waals surface area contributed by atoms with Crippen molar-refractivity contribution >= 4 is 11.6 Å². The summed E-state index contributed by atoms with van der Waals surface area (Å²) in [7, 11) is 0. The van der Waals surface area contributed by atoms with E-state index in [0.717, 1.165) is 30.7 Å². The maximum Gasteiger partial charge on any atom is 0.262 e. The zero-order valence-corrected chi connectivity index (χ0v) is 14.8. The number of rotatable bonds is 7. The van der Waals surface area contributed by atoms with Gasteiger partial charge >= 0.3 is 0 Å². The summed E-state index contributed by atoms with van der Waals surface area (Å²) in [6, 6.07) is 5.77. The number of aromatic nitrogens is 2. The molecular formula is C18H24N4O3. The van der Waals surface area contributed by atoms with E-state index in [2.05, 4.69) is 34.6 Å². The van der Waals surface area contributed by atoms with Crippen LogP contribution >= 0.6 is 0 Å². The van der Waals surface area contributed by atoms with Crippen molar-refractivity contribution in [3.05, 3.63) is 35.5 Å². The molecule has 1 aliphatic heterocycles. The minimum atomic E-state index is -0.135. The van der Waals surface area contributed by atoms with Crippen molar-refractivity contribution in [1.29, 1.82) is 0 Å². The van der Waals surface area contributed by atoms with E-state index in [1.807, 2.05) is 25.1 Å². The molecule has 1 aromatic heterocycles. The van der Waals surface area contributed by atoms with E-state index in [1.165, 1.54) is 0 Å². The molecule has 2 aromatic rings. The van der Waals surface area contributed by atoms with E-state index in [9.17, 15) is 4.79 Å². The lowest BCUT2D eigenvalue weighted by Crippen LogP contribution is -2.26. The van der Waals surface area contributed by atoms with E-state index in [4.69, 9.17) is 9.26 Å². The number of anilines is 1. The van der Waals surface area contributed by atoms with Crippen LogP contribution in [0.15, 0.2) is 22.7 Å². The Balaban J connectivity index is 1.65. The number of benzene rings is 1. The Labute approximate surface area is 147 Å². The second-order valence-electron chi connectivity index (χ2n) is 6.35. The van der Waals surface area contributed by atoms with E-state index in [-0.39, 0.29) is 24.6 Å². The molecule has 0 unspecified atom stereocenters. The summed E-state index contributed by atoms with van der Waals surface area (Å²) in [6.07, 6.45) is 3.00. The topological polar surface area (TPSA) is 89.3 Å². The molecule has 1 aromatic carbocycles. The van der Waals surface area contributed by atoms with Crippen molar-refractivity contribution in [2.24, 2.45) is 0 Å². The first-order valence-electron chi connectivity index (χ1n) is 8.72. The summed E-state index contributed by atoms with van der Waals surface area (Å²) >= 11 is 0. The highest BCUT2D eigenvalue weighted by Crippen LogP contribution is 2.31. The molecule has 0 spiro atoms. The Morgan fingerprint density at radius 2 is 2.16 bits per heavy atom. The molecule has 2 heterocycles. The molecule has 0 saturated heterocycles. The zero-order valence-electron chi connectivity index (χ0n) is 14.8. The van der Waals surface area contributed by atoms with Crippen molar-refractivity contribution in [2.75, 3.05) is 11.9 Å². The van der Waals surface area contributed by atoms with Gasteiger partial charge in [-0.15, -0.1) is 0 Å².